The Morgan fingerprint density at radius 1 is 1.07 bits per heavy atom. The lowest BCUT2D eigenvalue weighted by Crippen LogP contribution is -2.55. The van der Waals surface area contributed by atoms with Crippen molar-refractivity contribution < 1.29 is 19.2 Å². The highest BCUT2D eigenvalue weighted by molar-refractivity contribution is 7.99. The number of benzene rings is 3. The van der Waals surface area contributed by atoms with Gasteiger partial charge < -0.3 is 14.5 Å². The molecule has 1 aliphatic heterocycles. The van der Waals surface area contributed by atoms with E-state index in [0.717, 1.165) is 11.3 Å². The number of rotatable bonds is 8. The molecule has 0 bridgehead atoms. The van der Waals surface area contributed by atoms with E-state index in [2.05, 4.69) is 10.2 Å². The molecule has 1 aliphatic rings. The minimum Gasteiger partial charge on any atom is -0.497 e. The number of carbonyl (C=O) groups excluding carboxylic acids is 2. The second kappa shape index (κ2) is 12.6. The lowest BCUT2D eigenvalue weighted by atomic mass is 10.1. The fourth-order valence-corrected chi connectivity index (χ4v) is 5.88. The number of hydrogen-bond donors (Lipinski definition) is 0. The predicted octanol–water partition coefficient (Wildman–Crippen LogP) is 4.97. The average Bonchev–Trinajstić information content (AvgIpc) is 3.44. The number of para-hydroxylation sites is 1. The van der Waals surface area contributed by atoms with Gasteiger partial charge in [0.15, 0.2) is 11.0 Å². The Hall–Kier alpha value is -4.42. The van der Waals surface area contributed by atoms with Gasteiger partial charge in [-0.05, 0) is 37.3 Å². The topological polar surface area (TPSA) is 124 Å². The number of halogens is 1. The van der Waals surface area contributed by atoms with Crippen LogP contribution in [-0.2, 0) is 4.79 Å². The molecule has 5 rings (SSSR count). The van der Waals surface area contributed by atoms with E-state index in [4.69, 9.17) is 16.3 Å². The molecule has 3 aromatic carbocycles. The van der Waals surface area contributed by atoms with Crippen LogP contribution in [0.25, 0.3) is 17.1 Å². The van der Waals surface area contributed by atoms with Crippen molar-refractivity contribution in [3.63, 3.8) is 0 Å². The number of carbonyl (C=O) groups is 2. The molecule has 216 valence electrons. The summed E-state index contributed by atoms with van der Waals surface area (Å²) in [7, 11) is 1.61. The number of thioether (sulfide) groups is 1. The van der Waals surface area contributed by atoms with Crippen LogP contribution in [0.2, 0.25) is 5.02 Å². The van der Waals surface area contributed by atoms with Gasteiger partial charge in [-0.2, -0.15) is 0 Å². The number of nitro groups is 1. The molecule has 13 heteroatoms. The van der Waals surface area contributed by atoms with Gasteiger partial charge in [0, 0.05) is 49.1 Å². The normalized spacial score (nSPS) is 15.0. The van der Waals surface area contributed by atoms with Crippen molar-refractivity contribution in [3.05, 3.63) is 93.5 Å². The van der Waals surface area contributed by atoms with Crippen molar-refractivity contribution >= 4 is 40.9 Å². The lowest BCUT2D eigenvalue weighted by Gasteiger charge is -2.40. The van der Waals surface area contributed by atoms with Gasteiger partial charge in [-0.25, -0.2) is 0 Å². The molecule has 0 saturated carbocycles. The molecule has 0 spiro atoms. The van der Waals surface area contributed by atoms with Crippen LogP contribution in [0.3, 0.4) is 0 Å². The zero-order valence-corrected chi connectivity index (χ0v) is 24.4. The van der Waals surface area contributed by atoms with E-state index < -0.39 is 4.92 Å². The Morgan fingerprint density at radius 3 is 2.55 bits per heavy atom. The summed E-state index contributed by atoms with van der Waals surface area (Å²) in [6.45, 7) is 2.86. The van der Waals surface area contributed by atoms with Crippen molar-refractivity contribution in [1.82, 2.24) is 24.6 Å². The first-order valence-electron chi connectivity index (χ1n) is 13.1. The second-order valence-electron chi connectivity index (χ2n) is 9.61. The highest BCUT2D eigenvalue weighted by Gasteiger charge is 2.32. The number of nitrogens with zero attached hydrogens (tertiary/aromatic N) is 6. The smallest absolute Gasteiger partial charge is 0.270 e. The van der Waals surface area contributed by atoms with E-state index in [1.165, 1.54) is 30.0 Å². The molecule has 0 radical (unpaired) electrons. The Kier molecular flexibility index (Phi) is 8.74. The fraction of sp³-hybridized carbons (Fsp3) is 0.241. The van der Waals surface area contributed by atoms with Gasteiger partial charge >= 0.3 is 0 Å². The molecular weight excluding hydrogens is 580 g/mol. The molecule has 42 heavy (non-hydrogen) atoms. The minimum absolute atomic E-state index is 0.0205. The Labute approximate surface area is 251 Å². The van der Waals surface area contributed by atoms with Gasteiger partial charge in [0.1, 0.15) is 5.75 Å². The Balaban J connectivity index is 1.28. The van der Waals surface area contributed by atoms with Crippen LogP contribution < -0.4 is 4.74 Å². The Morgan fingerprint density at radius 2 is 1.86 bits per heavy atom. The molecule has 2 heterocycles. The number of non-ortho nitro benzene ring substituents is 1. The maximum atomic E-state index is 13.3. The molecule has 1 fully saturated rings. The summed E-state index contributed by atoms with van der Waals surface area (Å²) in [5.41, 5.74) is 1.69. The summed E-state index contributed by atoms with van der Waals surface area (Å²) in [5.74, 6) is 1.04. The summed E-state index contributed by atoms with van der Waals surface area (Å²) in [4.78, 5) is 40.3. The molecule has 1 atom stereocenters. The highest BCUT2D eigenvalue weighted by Crippen LogP contribution is 2.30. The van der Waals surface area contributed by atoms with Gasteiger partial charge in [-0.3, -0.25) is 24.3 Å². The summed E-state index contributed by atoms with van der Waals surface area (Å²) in [6, 6.07) is 20.8. The summed E-state index contributed by atoms with van der Waals surface area (Å²) >= 11 is 7.48. The van der Waals surface area contributed by atoms with E-state index in [0.29, 0.717) is 36.4 Å². The fourth-order valence-electron chi connectivity index (χ4n) is 4.77. The van der Waals surface area contributed by atoms with Crippen LogP contribution in [-0.4, -0.2) is 79.8 Å². The van der Waals surface area contributed by atoms with Crippen LogP contribution in [0.4, 0.5) is 5.69 Å². The van der Waals surface area contributed by atoms with Gasteiger partial charge in [0.25, 0.3) is 11.6 Å². The number of nitro benzene ring substituents is 1. The number of aromatic nitrogens is 3. The van der Waals surface area contributed by atoms with E-state index in [1.54, 1.807) is 16.9 Å². The van der Waals surface area contributed by atoms with Gasteiger partial charge in [-0.15, -0.1) is 10.2 Å². The first-order valence-corrected chi connectivity index (χ1v) is 14.4. The predicted molar refractivity (Wildman–Crippen MR) is 159 cm³/mol. The number of methoxy groups -OCH3 is 1. The van der Waals surface area contributed by atoms with E-state index >= 15 is 0 Å². The first-order chi connectivity index (χ1) is 20.3. The lowest BCUT2D eigenvalue weighted by molar-refractivity contribution is -0.384. The molecule has 1 saturated heterocycles. The maximum Gasteiger partial charge on any atom is 0.270 e. The SMILES string of the molecule is COc1cccc(-c2nnc(SCC(=O)N3CCN(C(=O)c4ccc([N+](=O)[O-])cc4Cl)C(C)C3)n2-c2ccccc2)c1. The van der Waals surface area contributed by atoms with Crippen molar-refractivity contribution in [1.29, 1.82) is 0 Å². The van der Waals surface area contributed by atoms with E-state index in [9.17, 15) is 19.7 Å². The molecule has 4 aromatic rings. The van der Waals surface area contributed by atoms with E-state index in [-0.39, 0.29) is 39.9 Å². The monoisotopic (exact) mass is 606 g/mol. The van der Waals surface area contributed by atoms with Crippen LogP contribution in [0, 0.1) is 10.1 Å². The van der Waals surface area contributed by atoms with Crippen molar-refractivity contribution in [2.75, 3.05) is 32.5 Å². The third kappa shape index (κ3) is 6.09. The third-order valence-electron chi connectivity index (χ3n) is 6.94. The molecule has 2 amide bonds. The summed E-state index contributed by atoms with van der Waals surface area (Å²) < 4.78 is 7.30. The van der Waals surface area contributed by atoms with Crippen LogP contribution in [0.5, 0.6) is 5.75 Å². The molecule has 0 N–H and O–H groups in total. The third-order valence-corrected chi connectivity index (χ3v) is 8.16. The van der Waals surface area contributed by atoms with Crippen LogP contribution in [0.1, 0.15) is 17.3 Å². The Bertz CT molecular complexity index is 1630. The van der Waals surface area contributed by atoms with Gasteiger partial charge in [-0.1, -0.05) is 53.7 Å². The number of amides is 2. The van der Waals surface area contributed by atoms with Gasteiger partial charge in [0.05, 0.1) is 28.4 Å². The number of piperazine rings is 1. The number of hydrogen-bond acceptors (Lipinski definition) is 8. The zero-order valence-electron chi connectivity index (χ0n) is 22.8. The van der Waals surface area contributed by atoms with Crippen molar-refractivity contribution in [3.8, 4) is 22.8 Å². The molecule has 0 aliphatic carbocycles. The average molecular weight is 607 g/mol. The highest BCUT2D eigenvalue weighted by atomic mass is 35.5. The summed E-state index contributed by atoms with van der Waals surface area (Å²) in [6.07, 6.45) is 0. The van der Waals surface area contributed by atoms with Crippen LogP contribution >= 0.6 is 23.4 Å². The van der Waals surface area contributed by atoms with Crippen molar-refractivity contribution in [2.24, 2.45) is 0 Å². The molecule has 1 unspecified atom stereocenters. The largest absolute Gasteiger partial charge is 0.497 e. The summed E-state index contributed by atoms with van der Waals surface area (Å²) in [5, 5.41) is 20.5. The van der Waals surface area contributed by atoms with Crippen molar-refractivity contribution in [2.45, 2.75) is 18.1 Å². The maximum absolute atomic E-state index is 13.3. The zero-order chi connectivity index (χ0) is 29.8. The second-order valence-corrected chi connectivity index (χ2v) is 11.0. The quantitative estimate of drug-likeness (QED) is 0.156. The van der Waals surface area contributed by atoms with Gasteiger partial charge in [0.2, 0.25) is 5.91 Å². The molecule has 11 nitrogen and oxygen atoms in total. The minimum atomic E-state index is -0.562. The first kappa shape index (κ1) is 29.1. The van der Waals surface area contributed by atoms with E-state index in [1.807, 2.05) is 66.1 Å². The molecule has 1 aromatic heterocycles. The molecular formula is C29H27ClN6O5S. The number of ether oxygens (including phenoxy) is 1. The van der Waals surface area contributed by atoms with Crippen LogP contribution in [0.15, 0.2) is 78.0 Å². The standard InChI is InChI=1S/C29H27ClN6O5S/c1-19-17-33(13-14-34(19)28(38)24-12-11-22(36(39)40)16-25(24)30)26(37)18-42-29-32-31-27(20-7-6-10-23(15-20)41-2)35(29)21-8-4-3-5-9-21/h3-12,15-16,19H,13-14,17-18H2,1-2H3.